The molecule has 1 atom stereocenters. The minimum absolute atomic E-state index is 0.00924. The second-order valence-corrected chi connectivity index (χ2v) is 11.5. The van der Waals surface area contributed by atoms with E-state index in [2.05, 4.69) is 0 Å². The Hall–Kier alpha value is -3.12. The predicted molar refractivity (Wildman–Crippen MR) is 128 cm³/mol. The van der Waals surface area contributed by atoms with Crippen molar-refractivity contribution in [3.8, 4) is 0 Å². The standard InChI is InChI=1S/C25H26F3N3O5S/c1-16-6-7-21-18(14-16)15-36-24(33)31(21)19-9-11-29(12-10-19)37(34,35)22-20-5-3-2-4-17(20)8-13-30(22)23(32)25(26,27)28/h2-7,14,19,22H,8-13,15H2,1H3. The Kier molecular flexibility index (Phi) is 6.43. The second-order valence-electron chi connectivity index (χ2n) is 9.53. The number of anilines is 1. The monoisotopic (exact) mass is 537 g/mol. The molecule has 0 aromatic heterocycles. The number of aryl methyl sites for hydroxylation is 1. The van der Waals surface area contributed by atoms with Gasteiger partial charge in [0.25, 0.3) is 0 Å². The Bertz CT molecular complexity index is 1340. The highest BCUT2D eigenvalue weighted by Gasteiger charge is 2.51. The number of carbonyl (C=O) groups is 2. The van der Waals surface area contributed by atoms with Crippen LogP contribution in [0.2, 0.25) is 0 Å². The molecule has 2 amide bonds. The fraction of sp³-hybridized carbons (Fsp3) is 0.440. The lowest BCUT2D eigenvalue weighted by molar-refractivity contribution is -0.186. The van der Waals surface area contributed by atoms with Crippen LogP contribution in [-0.4, -0.2) is 61.5 Å². The third kappa shape index (κ3) is 4.56. The van der Waals surface area contributed by atoms with Gasteiger partial charge in [0, 0.05) is 31.2 Å². The maximum atomic E-state index is 13.8. The largest absolute Gasteiger partial charge is 0.471 e. The van der Waals surface area contributed by atoms with Gasteiger partial charge in [0.1, 0.15) is 6.61 Å². The van der Waals surface area contributed by atoms with E-state index in [1.54, 1.807) is 18.2 Å². The first-order valence-corrected chi connectivity index (χ1v) is 13.5. The fourth-order valence-corrected chi connectivity index (χ4v) is 7.51. The van der Waals surface area contributed by atoms with Gasteiger partial charge in [-0.25, -0.2) is 13.2 Å². The quantitative estimate of drug-likeness (QED) is 0.593. The summed E-state index contributed by atoms with van der Waals surface area (Å²) in [6.45, 7) is 1.71. The highest BCUT2D eigenvalue weighted by atomic mass is 32.2. The molecule has 8 nitrogen and oxygen atoms in total. The van der Waals surface area contributed by atoms with Crippen LogP contribution in [0.1, 0.15) is 40.5 Å². The number of alkyl halides is 3. The summed E-state index contributed by atoms with van der Waals surface area (Å²) in [5, 5.41) is -1.77. The Morgan fingerprint density at radius 2 is 1.73 bits per heavy atom. The summed E-state index contributed by atoms with van der Waals surface area (Å²) >= 11 is 0. The Balaban J connectivity index is 1.41. The molecule has 1 saturated heterocycles. The van der Waals surface area contributed by atoms with Gasteiger partial charge in [0.15, 0.2) is 5.37 Å². The first kappa shape index (κ1) is 25.5. The van der Waals surface area contributed by atoms with Gasteiger partial charge in [0.05, 0.1) is 5.69 Å². The lowest BCUT2D eigenvalue weighted by Gasteiger charge is -2.43. The molecule has 5 rings (SSSR count). The summed E-state index contributed by atoms with van der Waals surface area (Å²) in [6.07, 6.45) is -5.05. The first-order valence-electron chi connectivity index (χ1n) is 12.0. The van der Waals surface area contributed by atoms with Crippen LogP contribution in [0.3, 0.4) is 0 Å². The molecular formula is C25H26F3N3O5S. The van der Waals surface area contributed by atoms with Crippen LogP contribution in [0, 0.1) is 6.92 Å². The van der Waals surface area contributed by atoms with Gasteiger partial charge >= 0.3 is 18.2 Å². The summed E-state index contributed by atoms with van der Waals surface area (Å²) in [5.41, 5.74) is 3.36. The van der Waals surface area contributed by atoms with Crippen molar-refractivity contribution in [3.05, 3.63) is 64.7 Å². The minimum atomic E-state index is -5.20. The van der Waals surface area contributed by atoms with Gasteiger partial charge in [-0.2, -0.15) is 17.5 Å². The van der Waals surface area contributed by atoms with E-state index in [0.29, 0.717) is 16.2 Å². The van der Waals surface area contributed by atoms with Crippen molar-refractivity contribution in [2.45, 2.75) is 50.4 Å². The van der Waals surface area contributed by atoms with Crippen molar-refractivity contribution in [2.75, 3.05) is 24.5 Å². The van der Waals surface area contributed by atoms with Gasteiger partial charge in [0.2, 0.25) is 10.0 Å². The second kappa shape index (κ2) is 9.32. The number of amides is 2. The number of rotatable bonds is 3. The highest BCUT2D eigenvalue weighted by Crippen LogP contribution is 2.40. The summed E-state index contributed by atoms with van der Waals surface area (Å²) in [4.78, 5) is 26.9. The highest BCUT2D eigenvalue weighted by molar-refractivity contribution is 7.89. The molecule has 12 heteroatoms. The number of fused-ring (bicyclic) bond motifs is 2. The summed E-state index contributed by atoms with van der Waals surface area (Å²) in [6, 6.07) is 11.7. The molecule has 1 fully saturated rings. The van der Waals surface area contributed by atoms with Crippen molar-refractivity contribution in [1.29, 1.82) is 0 Å². The number of piperidine rings is 1. The van der Waals surface area contributed by atoms with Crippen molar-refractivity contribution in [1.82, 2.24) is 9.21 Å². The zero-order valence-electron chi connectivity index (χ0n) is 20.1. The molecule has 0 N–H and O–H groups in total. The minimum Gasteiger partial charge on any atom is -0.444 e. The summed E-state index contributed by atoms with van der Waals surface area (Å²) in [7, 11) is -4.38. The molecule has 0 aliphatic carbocycles. The van der Waals surface area contributed by atoms with Gasteiger partial charge in [-0.3, -0.25) is 9.69 Å². The summed E-state index contributed by atoms with van der Waals surface area (Å²) < 4.78 is 74.3. The van der Waals surface area contributed by atoms with Crippen molar-refractivity contribution < 1.29 is 35.9 Å². The van der Waals surface area contributed by atoms with Gasteiger partial charge in [-0.15, -0.1) is 0 Å². The van der Waals surface area contributed by atoms with Gasteiger partial charge in [-0.1, -0.05) is 42.0 Å². The topological polar surface area (TPSA) is 87.2 Å². The molecule has 0 spiro atoms. The molecule has 1 unspecified atom stereocenters. The van der Waals surface area contributed by atoms with Crippen molar-refractivity contribution >= 4 is 27.7 Å². The number of cyclic esters (lactones) is 1. The predicted octanol–water partition coefficient (Wildman–Crippen LogP) is 3.89. The number of benzene rings is 2. The van der Waals surface area contributed by atoms with Gasteiger partial charge < -0.3 is 9.64 Å². The maximum Gasteiger partial charge on any atom is 0.471 e. The normalized spacial score (nSPS) is 21.3. The average molecular weight is 538 g/mol. The molecular weight excluding hydrogens is 511 g/mol. The zero-order valence-corrected chi connectivity index (χ0v) is 20.9. The van der Waals surface area contributed by atoms with Gasteiger partial charge in [-0.05, 0) is 43.4 Å². The molecule has 198 valence electrons. The number of hydrogen-bond donors (Lipinski definition) is 0. The third-order valence-corrected chi connectivity index (χ3v) is 9.36. The van der Waals surface area contributed by atoms with Crippen LogP contribution < -0.4 is 4.90 Å². The molecule has 0 radical (unpaired) electrons. The van der Waals surface area contributed by atoms with Crippen molar-refractivity contribution in [3.63, 3.8) is 0 Å². The molecule has 0 saturated carbocycles. The first-order chi connectivity index (χ1) is 17.5. The molecule has 2 aromatic rings. The Morgan fingerprint density at radius 3 is 2.43 bits per heavy atom. The van der Waals surface area contributed by atoms with E-state index in [1.807, 2.05) is 25.1 Å². The molecule has 37 heavy (non-hydrogen) atoms. The van der Waals surface area contributed by atoms with Crippen LogP contribution in [0.5, 0.6) is 0 Å². The molecule has 0 bridgehead atoms. The lowest BCUT2D eigenvalue weighted by atomic mass is 9.99. The Morgan fingerprint density at radius 1 is 1.03 bits per heavy atom. The number of halogens is 3. The molecule has 2 aromatic carbocycles. The number of sulfonamides is 1. The maximum absolute atomic E-state index is 13.8. The van der Waals surface area contributed by atoms with Crippen molar-refractivity contribution in [2.24, 2.45) is 0 Å². The fourth-order valence-electron chi connectivity index (χ4n) is 5.44. The van der Waals surface area contributed by atoms with Crippen LogP contribution in [-0.2, 0) is 32.6 Å². The molecule has 3 aliphatic rings. The molecule has 3 aliphatic heterocycles. The van der Waals surface area contributed by atoms with Crippen LogP contribution >= 0.6 is 0 Å². The van der Waals surface area contributed by atoms with E-state index >= 15 is 0 Å². The SMILES string of the molecule is Cc1ccc2c(c1)COC(=O)N2C1CCN(S(=O)(=O)C2c3ccccc3CCN2C(=O)C(F)(F)F)CC1. The number of carbonyl (C=O) groups excluding carboxylic acids is 2. The number of nitrogens with zero attached hydrogens (tertiary/aromatic N) is 3. The third-order valence-electron chi connectivity index (χ3n) is 7.20. The van der Waals surface area contributed by atoms with E-state index in [9.17, 15) is 31.2 Å². The summed E-state index contributed by atoms with van der Waals surface area (Å²) in [5.74, 6) is -2.17. The zero-order chi connectivity index (χ0) is 26.5. The van der Waals surface area contributed by atoms with E-state index in [4.69, 9.17) is 4.74 Å². The smallest absolute Gasteiger partial charge is 0.444 e. The van der Waals surface area contributed by atoms with Crippen LogP contribution in [0.15, 0.2) is 42.5 Å². The Labute approximate surface area is 212 Å². The number of ether oxygens (including phenoxy) is 1. The van der Waals surface area contributed by atoms with E-state index in [1.165, 1.54) is 11.0 Å². The average Bonchev–Trinajstić information content (AvgIpc) is 2.87. The lowest BCUT2D eigenvalue weighted by Crippen LogP contribution is -2.55. The number of hydrogen-bond acceptors (Lipinski definition) is 5. The van der Waals surface area contributed by atoms with Crippen LogP contribution in [0.25, 0.3) is 0 Å². The van der Waals surface area contributed by atoms with E-state index in [0.717, 1.165) is 15.4 Å². The van der Waals surface area contributed by atoms with E-state index in [-0.39, 0.29) is 57.1 Å². The molecule has 3 heterocycles. The van der Waals surface area contributed by atoms with E-state index < -0.39 is 33.6 Å². The van der Waals surface area contributed by atoms with Crippen LogP contribution in [0.4, 0.5) is 23.7 Å².